The van der Waals surface area contributed by atoms with Crippen LogP contribution in [0, 0.1) is 0 Å². The van der Waals surface area contributed by atoms with Crippen molar-refractivity contribution in [1.29, 1.82) is 0 Å². The Morgan fingerprint density at radius 1 is 0.875 bits per heavy atom. The van der Waals surface area contributed by atoms with Gasteiger partial charge in [0.05, 0.1) is 16.6 Å². The molecule has 4 aromatic rings. The summed E-state index contributed by atoms with van der Waals surface area (Å²) in [5.74, 6) is -0.161. The van der Waals surface area contributed by atoms with Crippen molar-refractivity contribution in [3.63, 3.8) is 0 Å². The quantitative estimate of drug-likeness (QED) is 0.581. The zero-order chi connectivity index (χ0) is 16.5. The maximum atomic E-state index is 11.2. The fourth-order valence-corrected chi connectivity index (χ4v) is 2.84. The van der Waals surface area contributed by atoms with Crippen molar-refractivity contribution >= 4 is 17.0 Å². The average molecular weight is 314 g/mol. The molecule has 0 aliphatic heterocycles. The summed E-state index contributed by atoms with van der Waals surface area (Å²) in [6, 6.07) is 22.7. The van der Waals surface area contributed by atoms with Crippen molar-refractivity contribution in [3.8, 4) is 22.5 Å². The monoisotopic (exact) mass is 314 g/mol. The number of imidazole rings is 1. The number of rotatable bonds is 3. The Bertz CT molecular complexity index is 1020. The molecule has 0 amide bonds. The van der Waals surface area contributed by atoms with Crippen molar-refractivity contribution < 1.29 is 9.90 Å². The van der Waals surface area contributed by atoms with E-state index in [1.807, 2.05) is 54.6 Å². The highest BCUT2D eigenvalue weighted by Crippen LogP contribution is 2.31. The van der Waals surface area contributed by atoms with Crippen LogP contribution in [0.5, 0.6) is 0 Å². The van der Waals surface area contributed by atoms with Gasteiger partial charge < -0.3 is 10.1 Å². The molecule has 24 heavy (non-hydrogen) atoms. The zero-order valence-electron chi connectivity index (χ0n) is 12.7. The molecular formula is C20H14N2O2. The molecule has 0 fully saturated rings. The first kappa shape index (κ1) is 14.2. The Morgan fingerprint density at radius 2 is 1.62 bits per heavy atom. The molecule has 0 spiro atoms. The van der Waals surface area contributed by atoms with Crippen LogP contribution >= 0.6 is 0 Å². The summed E-state index contributed by atoms with van der Waals surface area (Å²) in [6.45, 7) is 0. The first-order valence-electron chi connectivity index (χ1n) is 7.60. The molecule has 0 saturated carbocycles. The fraction of sp³-hybridized carbons (Fsp3) is 0. The number of H-pyrrole nitrogens is 1. The van der Waals surface area contributed by atoms with Gasteiger partial charge in [0, 0.05) is 5.56 Å². The molecule has 4 heteroatoms. The van der Waals surface area contributed by atoms with E-state index in [1.165, 1.54) is 0 Å². The lowest BCUT2D eigenvalue weighted by molar-refractivity contribution is 0.0697. The molecule has 4 rings (SSSR count). The number of carbonyl (C=O) groups is 1. The van der Waals surface area contributed by atoms with E-state index in [4.69, 9.17) is 0 Å². The summed E-state index contributed by atoms with van der Waals surface area (Å²) in [5, 5.41) is 9.22. The van der Waals surface area contributed by atoms with Crippen LogP contribution in [0.1, 0.15) is 10.4 Å². The van der Waals surface area contributed by atoms with Crippen LogP contribution in [-0.4, -0.2) is 21.0 Å². The highest BCUT2D eigenvalue weighted by atomic mass is 16.4. The number of hydrogen-bond donors (Lipinski definition) is 2. The van der Waals surface area contributed by atoms with Gasteiger partial charge in [-0.15, -0.1) is 0 Å². The van der Waals surface area contributed by atoms with Crippen LogP contribution in [0.3, 0.4) is 0 Å². The summed E-state index contributed by atoms with van der Waals surface area (Å²) < 4.78 is 0. The molecule has 116 valence electrons. The van der Waals surface area contributed by atoms with Gasteiger partial charge in [0.2, 0.25) is 0 Å². The van der Waals surface area contributed by atoms with E-state index >= 15 is 0 Å². The predicted octanol–water partition coefficient (Wildman–Crippen LogP) is 4.60. The minimum absolute atomic E-state index is 0.270. The molecule has 3 aromatic carbocycles. The first-order chi connectivity index (χ1) is 11.7. The second-order valence-electron chi connectivity index (χ2n) is 5.53. The van der Waals surface area contributed by atoms with Gasteiger partial charge in [-0.2, -0.15) is 0 Å². The Kier molecular flexibility index (Phi) is 3.35. The van der Waals surface area contributed by atoms with Crippen LogP contribution in [0.4, 0.5) is 0 Å². The third kappa shape index (κ3) is 2.44. The number of benzene rings is 3. The van der Waals surface area contributed by atoms with Gasteiger partial charge in [0.15, 0.2) is 0 Å². The number of aromatic amines is 1. The van der Waals surface area contributed by atoms with Crippen LogP contribution < -0.4 is 0 Å². The van der Waals surface area contributed by atoms with Gasteiger partial charge in [-0.25, -0.2) is 9.78 Å². The highest BCUT2D eigenvalue weighted by molar-refractivity contribution is 5.91. The van der Waals surface area contributed by atoms with Crippen molar-refractivity contribution in [2.24, 2.45) is 0 Å². The summed E-state index contributed by atoms with van der Waals surface area (Å²) in [7, 11) is 0. The second-order valence-corrected chi connectivity index (χ2v) is 5.53. The van der Waals surface area contributed by atoms with E-state index in [9.17, 15) is 9.90 Å². The number of carboxylic acids is 1. The summed E-state index contributed by atoms with van der Waals surface area (Å²) in [6.07, 6.45) is 0. The number of aromatic nitrogens is 2. The Morgan fingerprint density at radius 3 is 2.42 bits per heavy atom. The van der Waals surface area contributed by atoms with Crippen LogP contribution in [0.15, 0.2) is 72.8 Å². The topological polar surface area (TPSA) is 66.0 Å². The number of para-hydroxylation sites is 2. The molecule has 1 heterocycles. The zero-order valence-corrected chi connectivity index (χ0v) is 12.7. The van der Waals surface area contributed by atoms with Gasteiger partial charge in [-0.05, 0) is 35.4 Å². The smallest absolute Gasteiger partial charge is 0.335 e. The van der Waals surface area contributed by atoms with Gasteiger partial charge in [0.25, 0.3) is 0 Å². The third-order valence-electron chi connectivity index (χ3n) is 3.99. The molecule has 0 saturated heterocycles. The van der Waals surface area contributed by atoms with Crippen LogP contribution in [0.2, 0.25) is 0 Å². The van der Waals surface area contributed by atoms with Crippen molar-refractivity contribution in [1.82, 2.24) is 9.97 Å². The molecule has 0 aliphatic rings. The number of nitrogens with one attached hydrogen (secondary N) is 1. The summed E-state index contributed by atoms with van der Waals surface area (Å²) >= 11 is 0. The van der Waals surface area contributed by atoms with Crippen molar-refractivity contribution in [2.45, 2.75) is 0 Å². The number of aromatic carboxylic acids is 1. The number of nitrogens with zero attached hydrogens (tertiary/aromatic N) is 1. The van der Waals surface area contributed by atoms with Crippen molar-refractivity contribution in [2.75, 3.05) is 0 Å². The molecule has 0 aliphatic carbocycles. The second kappa shape index (κ2) is 5.66. The van der Waals surface area contributed by atoms with Crippen LogP contribution in [0.25, 0.3) is 33.5 Å². The average Bonchev–Trinajstić information content (AvgIpc) is 3.06. The number of fused-ring (bicyclic) bond motifs is 1. The molecule has 0 atom stereocenters. The van der Waals surface area contributed by atoms with Gasteiger partial charge >= 0.3 is 5.97 Å². The number of hydrogen-bond acceptors (Lipinski definition) is 2. The molecule has 2 N–H and O–H groups in total. The Labute approximate surface area is 138 Å². The lowest BCUT2D eigenvalue weighted by atomic mass is 9.98. The van der Waals surface area contributed by atoms with Gasteiger partial charge in [-0.3, -0.25) is 0 Å². The Hall–Kier alpha value is -3.40. The van der Waals surface area contributed by atoms with E-state index in [-0.39, 0.29) is 5.56 Å². The van der Waals surface area contributed by atoms with E-state index in [0.717, 1.165) is 33.5 Å². The third-order valence-corrected chi connectivity index (χ3v) is 3.99. The molecule has 0 bridgehead atoms. The fourth-order valence-electron chi connectivity index (χ4n) is 2.84. The standard InChI is InChI=1S/C20H14N2O2/c23-20(24)14-7-5-6-13(12-14)15-8-1-2-9-16(15)19-21-17-10-3-4-11-18(17)22-19/h1-12H,(H,21,22)(H,23,24). The molecular weight excluding hydrogens is 300 g/mol. The SMILES string of the molecule is O=C(O)c1cccc(-c2ccccc2-c2nc3ccccc3[nH]2)c1. The van der Waals surface area contributed by atoms with E-state index in [1.54, 1.807) is 18.2 Å². The summed E-state index contributed by atoms with van der Waals surface area (Å²) in [4.78, 5) is 19.2. The lowest BCUT2D eigenvalue weighted by Gasteiger charge is -2.08. The highest BCUT2D eigenvalue weighted by Gasteiger charge is 2.12. The maximum Gasteiger partial charge on any atom is 0.335 e. The van der Waals surface area contributed by atoms with Crippen molar-refractivity contribution in [3.05, 3.63) is 78.4 Å². The first-order valence-corrected chi connectivity index (χ1v) is 7.60. The molecule has 1 aromatic heterocycles. The van der Waals surface area contributed by atoms with Crippen LogP contribution in [-0.2, 0) is 0 Å². The van der Waals surface area contributed by atoms with Gasteiger partial charge in [0.1, 0.15) is 5.82 Å². The van der Waals surface area contributed by atoms with E-state index in [2.05, 4.69) is 9.97 Å². The molecule has 4 nitrogen and oxygen atoms in total. The maximum absolute atomic E-state index is 11.2. The number of carboxylic acid groups (broad SMARTS) is 1. The largest absolute Gasteiger partial charge is 0.478 e. The minimum Gasteiger partial charge on any atom is -0.478 e. The van der Waals surface area contributed by atoms with E-state index in [0.29, 0.717) is 0 Å². The van der Waals surface area contributed by atoms with E-state index < -0.39 is 5.97 Å². The predicted molar refractivity (Wildman–Crippen MR) is 93.9 cm³/mol. The minimum atomic E-state index is -0.932. The van der Waals surface area contributed by atoms with Gasteiger partial charge in [-0.1, -0.05) is 48.5 Å². The Balaban J connectivity index is 1.89. The lowest BCUT2D eigenvalue weighted by Crippen LogP contribution is -1.96. The normalized spacial score (nSPS) is 10.8. The summed E-state index contributed by atoms with van der Waals surface area (Å²) in [5.41, 5.74) is 4.89. The molecule has 0 radical (unpaired) electrons. The molecule has 0 unspecified atom stereocenters.